The average Bonchev–Trinajstić information content (AvgIpc) is 2.96. The molecule has 26 heavy (non-hydrogen) atoms. The van der Waals surface area contributed by atoms with Gasteiger partial charge >= 0.3 is 0 Å². The summed E-state index contributed by atoms with van der Waals surface area (Å²) >= 11 is 1.64. The van der Waals surface area contributed by atoms with Gasteiger partial charge < -0.3 is 5.32 Å². The second kappa shape index (κ2) is 8.13. The first-order valence-corrected chi connectivity index (χ1v) is 11.0. The first kappa shape index (κ1) is 19.4. The number of fused-ring (bicyclic) bond motifs is 1. The van der Waals surface area contributed by atoms with Crippen LogP contribution in [0.25, 0.3) is 0 Å². The van der Waals surface area contributed by atoms with Gasteiger partial charge in [-0.2, -0.15) is 5.26 Å². The van der Waals surface area contributed by atoms with Crippen molar-refractivity contribution in [2.75, 3.05) is 5.32 Å². The van der Waals surface area contributed by atoms with Gasteiger partial charge in [0.15, 0.2) is 0 Å². The number of thiophene rings is 1. The third kappa shape index (κ3) is 4.49. The number of hydrogen-bond acceptors (Lipinski definition) is 3. The van der Waals surface area contributed by atoms with Crippen LogP contribution in [0.2, 0.25) is 0 Å². The van der Waals surface area contributed by atoms with Gasteiger partial charge in [0.1, 0.15) is 11.1 Å². The van der Waals surface area contributed by atoms with Gasteiger partial charge in [-0.05, 0) is 48.5 Å². The lowest BCUT2D eigenvalue weighted by Crippen LogP contribution is -2.26. The third-order valence-corrected chi connectivity index (χ3v) is 7.53. The summed E-state index contributed by atoms with van der Waals surface area (Å²) < 4.78 is 0. The van der Waals surface area contributed by atoms with E-state index in [0.29, 0.717) is 18.3 Å². The van der Waals surface area contributed by atoms with Crippen LogP contribution in [0.3, 0.4) is 0 Å². The van der Waals surface area contributed by atoms with E-state index in [4.69, 9.17) is 0 Å². The number of nitriles is 1. The molecule has 0 aromatic carbocycles. The number of rotatable bonds is 4. The fourth-order valence-electron chi connectivity index (χ4n) is 4.53. The Balaban J connectivity index is 1.64. The van der Waals surface area contributed by atoms with Gasteiger partial charge in [0.25, 0.3) is 0 Å². The second-order valence-electron chi connectivity index (χ2n) is 9.22. The van der Waals surface area contributed by atoms with Crippen LogP contribution >= 0.6 is 11.3 Å². The van der Waals surface area contributed by atoms with Gasteiger partial charge in [-0.3, -0.25) is 4.79 Å². The van der Waals surface area contributed by atoms with Gasteiger partial charge in [-0.15, -0.1) is 11.3 Å². The molecule has 0 saturated heterocycles. The summed E-state index contributed by atoms with van der Waals surface area (Å²) in [6.45, 7) is 6.90. The molecular formula is C22H32N2OS. The molecule has 2 aliphatic rings. The number of nitrogens with zero attached hydrogens (tertiary/aromatic N) is 1. The zero-order chi connectivity index (χ0) is 18.7. The van der Waals surface area contributed by atoms with Gasteiger partial charge in [-0.1, -0.05) is 52.9 Å². The summed E-state index contributed by atoms with van der Waals surface area (Å²) in [6, 6.07) is 2.36. The predicted molar refractivity (Wildman–Crippen MR) is 108 cm³/mol. The van der Waals surface area contributed by atoms with Crippen molar-refractivity contribution in [3.05, 3.63) is 16.0 Å². The molecule has 142 valence electrons. The average molecular weight is 373 g/mol. The van der Waals surface area contributed by atoms with Crippen LogP contribution < -0.4 is 5.32 Å². The highest BCUT2D eigenvalue weighted by Gasteiger charge is 2.32. The van der Waals surface area contributed by atoms with Crippen molar-refractivity contribution in [2.45, 2.75) is 85.0 Å². The Kier molecular flexibility index (Phi) is 6.07. The number of carbonyl (C=O) groups is 1. The zero-order valence-electron chi connectivity index (χ0n) is 16.5. The van der Waals surface area contributed by atoms with Gasteiger partial charge in [0.2, 0.25) is 5.91 Å². The highest BCUT2D eigenvalue weighted by Crippen LogP contribution is 2.44. The fraction of sp³-hybridized carbons (Fsp3) is 0.727. The monoisotopic (exact) mass is 372 g/mol. The normalized spacial score (nSPS) is 21.1. The molecule has 1 aromatic rings. The summed E-state index contributed by atoms with van der Waals surface area (Å²) in [5.74, 6) is 1.45. The summed E-state index contributed by atoms with van der Waals surface area (Å²) in [5, 5.41) is 13.5. The molecule has 3 nitrogen and oxygen atoms in total. The van der Waals surface area contributed by atoms with E-state index in [1.807, 2.05) is 0 Å². The third-order valence-electron chi connectivity index (χ3n) is 6.36. The summed E-state index contributed by atoms with van der Waals surface area (Å²) in [5.41, 5.74) is 2.21. The summed E-state index contributed by atoms with van der Waals surface area (Å²) in [6.07, 6.45) is 11.3. The Morgan fingerprint density at radius 1 is 1.23 bits per heavy atom. The lowest BCUT2D eigenvalue weighted by Gasteiger charge is -2.33. The van der Waals surface area contributed by atoms with Crippen LogP contribution in [0.4, 0.5) is 5.00 Å². The van der Waals surface area contributed by atoms with Crippen LogP contribution in [0.15, 0.2) is 0 Å². The minimum absolute atomic E-state index is 0.0815. The van der Waals surface area contributed by atoms with Crippen LogP contribution in [0.1, 0.15) is 88.1 Å². The molecule has 0 aliphatic heterocycles. The van der Waals surface area contributed by atoms with E-state index in [2.05, 4.69) is 32.2 Å². The van der Waals surface area contributed by atoms with Gasteiger partial charge in [0.05, 0.1) is 5.56 Å². The molecule has 0 spiro atoms. The fourth-order valence-corrected chi connectivity index (χ4v) is 5.83. The van der Waals surface area contributed by atoms with Crippen molar-refractivity contribution in [1.82, 2.24) is 0 Å². The molecule has 1 fully saturated rings. The molecule has 1 heterocycles. The van der Waals surface area contributed by atoms with Crippen molar-refractivity contribution in [1.29, 1.82) is 5.26 Å². The molecule has 0 radical (unpaired) electrons. The maximum atomic E-state index is 12.4. The van der Waals surface area contributed by atoms with E-state index in [1.165, 1.54) is 42.5 Å². The molecule has 3 rings (SSSR count). The van der Waals surface area contributed by atoms with Crippen LogP contribution in [0, 0.1) is 28.6 Å². The first-order chi connectivity index (χ1) is 12.4. The lowest BCUT2D eigenvalue weighted by atomic mass is 9.72. The Labute approximate surface area is 162 Å². The number of carbonyl (C=O) groups excluding carboxylic acids is 1. The topological polar surface area (TPSA) is 52.9 Å². The molecular weight excluding hydrogens is 340 g/mol. The van der Waals surface area contributed by atoms with Gasteiger partial charge in [0, 0.05) is 11.3 Å². The smallest absolute Gasteiger partial charge is 0.225 e. The van der Waals surface area contributed by atoms with E-state index < -0.39 is 0 Å². The number of hydrogen-bond donors (Lipinski definition) is 1. The Hall–Kier alpha value is -1.34. The van der Waals surface area contributed by atoms with Crippen molar-refractivity contribution in [3.8, 4) is 6.07 Å². The zero-order valence-corrected chi connectivity index (χ0v) is 17.3. The second-order valence-corrected chi connectivity index (χ2v) is 10.3. The van der Waals surface area contributed by atoms with Crippen LogP contribution in [-0.4, -0.2) is 5.91 Å². The van der Waals surface area contributed by atoms with E-state index in [-0.39, 0.29) is 11.3 Å². The van der Waals surface area contributed by atoms with E-state index >= 15 is 0 Å². The minimum atomic E-state index is 0.0815. The van der Waals surface area contributed by atoms with E-state index in [1.54, 1.807) is 11.3 Å². The molecule has 1 saturated carbocycles. The van der Waals surface area contributed by atoms with E-state index in [0.717, 1.165) is 36.2 Å². The van der Waals surface area contributed by atoms with Crippen molar-refractivity contribution < 1.29 is 4.79 Å². The SMILES string of the molecule is CC(C)(C)C1CCc2c(sc(NC(=O)CCC3CCCCC3)c2C#N)C1. The maximum absolute atomic E-state index is 12.4. The Bertz CT molecular complexity index is 686. The molecule has 4 heteroatoms. The molecule has 2 aliphatic carbocycles. The summed E-state index contributed by atoms with van der Waals surface area (Å²) in [4.78, 5) is 13.8. The highest BCUT2D eigenvalue weighted by atomic mass is 32.1. The van der Waals surface area contributed by atoms with Crippen molar-refractivity contribution >= 4 is 22.2 Å². The lowest BCUT2D eigenvalue weighted by molar-refractivity contribution is -0.116. The van der Waals surface area contributed by atoms with Crippen LogP contribution in [-0.2, 0) is 17.6 Å². The van der Waals surface area contributed by atoms with Gasteiger partial charge in [-0.25, -0.2) is 0 Å². The van der Waals surface area contributed by atoms with Crippen LogP contribution in [0.5, 0.6) is 0 Å². The number of anilines is 1. The molecule has 0 bridgehead atoms. The predicted octanol–water partition coefficient (Wildman–Crippen LogP) is 6.07. The van der Waals surface area contributed by atoms with Crippen molar-refractivity contribution in [3.63, 3.8) is 0 Å². The minimum Gasteiger partial charge on any atom is -0.317 e. The highest BCUT2D eigenvalue weighted by molar-refractivity contribution is 7.16. The quantitative estimate of drug-likeness (QED) is 0.697. The maximum Gasteiger partial charge on any atom is 0.225 e. The molecule has 1 atom stereocenters. The number of nitrogens with one attached hydrogen (secondary N) is 1. The first-order valence-electron chi connectivity index (χ1n) is 10.2. The Morgan fingerprint density at radius 2 is 1.96 bits per heavy atom. The largest absolute Gasteiger partial charge is 0.317 e. The van der Waals surface area contributed by atoms with Crippen molar-refractivity contribution in [2.24, 2.45) is 17.3 Å². The number of amides is 1. The molecule has 1 unspecified atom stereocenters. The molecule has 1 amide bonds. The van der Waals surface area contributed by atoms with E-state index in [9.17, 15) is 10.1 Å². The summed E-state index contributed by atoms with van der Waals surface area (Å²) in [7, 11) is 0. The molecule has 1 N–H and O–H groups in total. The standard InChI is InChI=1S/C22H32N2OS/c1-22(2,3)16-10-11-17-18(14-23)21(26-19(17)13-16)24-20(25)12-9-15-7-5-4-6-8-15/h15-16H,4-13H2,1-3H3,(H,24,25). The Morgan fingerprint density at radius 3 is 2.62 bits per heavy atom. The molecule has 1 aromatic heterocycles.